The Kier molecular flexibility index (Phi) is 5.89. The molecule has 0 fully saturated rings. The van der Waals surface area contributed by atoms with Crippen molar-refractivity contribution in [3.63, 3.8) is 0 Å². The zero-order valence-corrected chi connectivity index (χ0v) is 17.6. The second kappa shape index (κ2) is 8.93. The molecule has 0 bridgehead atoms. The average Bonchev–Trinajstić information content (AvgIpc) is 3.39. The predicted molar refractivity (Wildman–Crippen MR) is 113 cm³/mol. The highest BCUT2D eigenvalue weighted by Gasteiger charge is 2.27. The van der Waals surface area contributed by atoms with Gasteiger partial charge in [0.15, 0.2) is 18.1 Å². The van der Waals surface area contributed by atoms with Crippen LogP contribution in [0.2, 0.25) is 0 Å². The number of aryl methyl sites for hydroxylation is 1. The van der Waals surface area contributed by atoms with Crippen LogP contribution in [-0.4, -0.2) is 40.8 Å². The van der Waals surface area contributed by atoms with Crippen LogP contribution < -0.4 is 14.8 Å². The molecule has 0 radical (unpaired) electrons. The Morgan fingerprint density at radius 2 is 1.81 bits per heavy atom. The van der Waals surface area contributed by atoms with Gasteiger partial charge in [0, 0.05) is 6.54 Å². The number of benzene rings is 2. The highest BCUT2D eigenvalue weighted by atomic mass is 16.7. The molecule has 0 saturated heterocycles. The summed E-state index contributed by atoms with van der Waals surface area (Å²) in [6.45, 7) is 3.15. The fourth-order valence-electron chi connectivity index (χ4n) is 3.39. The van der Waals surface area contributed by atoms with Gasteiger partial charge in [-0.15, -0.1) is 0 Å². The Morgan fingerprint density at radius 1 is 1.06 bits per heavy atom. The second-order valence-corrected chi connectivity index (χ2v) is 7.16. The minimum Gasteiger partial charge on any atom is -0.454 e. The Bertz CT molecular complexity index is 1190. The second-order valence-electron chi connectivity index (χ2n) is 7.16. The van der Waals surface area contributed by atoms with Crippen LogP contribution >= 0.6 is 0 Å². The third-order valence-electron chi connectivity index (χ3n) is 4.97. The Hall–Kier alpha value is -4.14. The molecule has 164 valence electrons. The molecule has 1 aromatic heterocycles. The molecular formula is C23H21N3O6. The molecule has 0 atom stereocenters. The van der Waals surface area contributed by atoms with Crippen molar-refractivity contribution in [3.05, 3.63) is 71.0 Å². The zero-order chi connectivity index (χ0) is 22.7. The first kappa shape index (κ1) is 21.1. The largest absolute Gasteiger partial charge is 0.454 e. The molecule has 0 aliphatic carbocycles. The fraction of sp³-hybridized carbons (Fsp3) is 0.217. The molecule has 0 spiro atoms. The summed E-state index contributed by atoms with van der Waals surface area (Å²) in [4.78, 5) is 37.0. The van der Waals surface area contributed by atoms with Gasteiger partial charge in [0.2, 0.25) is 6.79 Å². The normalized spacial score (nSPS) is 11.8. The monoisotopic (exact) mass is 435 g/mol. The number of aromatic nitrogens is 2. The molecule has 0 saturated carbocycles. The van der Waals surface area contributed by atoms with Gasteiger partial charge in [0.1, 0.15) is 0 Å². The average molecular weight is 435 g/mol. The number of rotatable bonds is 7. The van der Waals surface area contributed by atoms with Crippen molar-refractivity contribution < 1.29 is 28.6 Å². The number of ether oxygens (including phenoxy) is 3. The fourth-order valence-corrected chi connectivity index (χ4v) is 3.39. The summed E-state index contributed by atoms with van der Waals surface area (Å²) in [5.41, 5.74) is 2.65. The number of hydrogen-bond donors (Lipinski definition) is 1. The van der Waals surface area contributed by atoms with E-state index in [-0.39, 0.29) is 18.9 Å². The van der Waals surface area contributed by atoms with Crippen LogP contribution in [-0.2, 0) is 20.9 Å². The maximum atomic E-state index is 12.6. The van der Waals surface area contributed by atoms with E-state index in [1.54, 1.807) is 36.7 Å². The molecule has 1 amide bonds. The van der Waals surface area contributed by atoms with E-state index in [0.717, 1.165) is 11.3 Å². The Morgan fingerprint density at radius 3 is 2.59 bits per heavy atom. The third kappa shape index (κ3) is 4.31. The molecule has 3 aromatic rings. The molecule has 32 heavy (non-hydrogen) atoms. The first-order valence-electron chi connectivity index (χ1n) is 9.92. The lowest BCUT2D eigenvalue weighted by molar-refractivity contribution is -0.144. The molecule has 9 heteroatoms. The molecule has 4 rings (SSSR count). The van der Waals surface area contributed by atoms with Crippen molar-refractivity contribution in [1.82, 2.24) is 15.1 Å². The smallest absolute Gasteiger partial charge is 0.380 e. The minimum atomic E-state index is -1.11. The summed E-state index contributed by atoms with van der Waals surface area (Å²) in [6, 6.07) is 14.6. The van der Waals surface area contributed by atoms with Gasteiger partial charge in [-0.25, -0.2) is 9.48 Å². The molecule has 1 N–H and O–H groups in total. The van der Waals surface area contributed by atoms with E-state index < -0.39 is 24.3 Å². The van der Waals surface area contributed by atoms with E-state index >= 15 is 0 Å². The van der Waals surface area contributed by atoms with Crippen LogP contribution in [0.5, 0.6) is 11.5 Å². The van der Waals surface area contributed by atoms with Gasteiger partial charge in [-0.05, 0) is 43.7 Å². The van der Waals surface area contributed by atoms with Gasteiger partial charge in [-0.1, -0.05) is 24.3 Å². The number of ketones is 1. The molecule has 1 aliphatic heterocycles. The lowest BCUT2D eigenvalue weighted by Crippen LogP contribution is -2.30. The van der Waals surface area contributed by atoms with Gasteiger partial charge in [-0.2, -0.15) is 5.10 Å². The van der Waals surface area contributed by atoms with E-state index in [1.807, 2.05) is 30.3 Å². The predicted octanol–water partition coefficient (Wildman–Crippen LogP) is 2.26. The zero-order valence-electron chi connectivity index (χ0n) is 17.6. The summed E-state index contributed by atoms with van der Waals surface area (Å²) in [7, 11) is 0. The van der Waals surface area contributed by atoms with Crippen LogP contribution in [0.25, 0.3) is 5.69 Å². The Labute approximate surface area is 183 Å². The molecule has 9 nitrogen and oxygen atoms in total. The van der Waals surface area contributed by atoms with Crippen molar-refractivity contribution in [2.75, 3.05) is 13.4 Å². The summed E-state index contributed by atoms with van der Waals surface area (Å²) in [6.07, 6.45) is 0. The molecular weight excluding hydrogens is 414 g/mol. The number of para-hydroxylation sites is 1. The van der Waals surface area contributed by atoms with E-state index in [0.29, 0.717) is 22.9 Å². The summed E-state index contributed by atoms with van der Waals surface area (Å²) in [5, 5.41) is 6.99. The number of amides is 1. The van der Waals surface area contributed by atoms with Crippen LogP contribution in [0, 0.1) is 13.8 Å². The number of fused-ring (bicyclic) bond motifs is 1. The molecule has 2 heterocycles. The topological polar surface area (TPSA) is 109 Å². The van der Waals surface area contributed by atoms with E-state index in [2.05, 4.69) is 10.4 Å². The number of hydrogen-bond acceptors (Lipinski definition) is 7. The number of carbonyl (C=O) groups is 3. The molecule has 2 aromatic carbocycles. The van der Waals surface area contributed by atoms with Gasteiger partial charge < -0.3 is 19.5 Å². The Balaban J connectivity index is 1.33. The first-order valence-corrected chi connectivity index (χ1v) is 9.92. The third-order valence-corrected chi connectivity index (χ3v) is 4.97. The van der Waals surface area contributed by atoms with Crippen molar-refractivity contribution in [2.45, 2.75) is 20.4 Å². The van der Waals surface area contributed by atoms with Crippen LogP contribution in [0.3, 0.4) is 0 Å². The van der Waals surface area contributed by atoms with E-state index in [4.69, 9.17) is 14.2 Å². The van der Waals surface area contributed by atoms with E-state index in [9.17, 15) is 14.4 Å². The lowest BCUT2D eigenvalue weighted by atomic mass is 10.1. The van der Waals surface area contributed by atoms with Crippen molar-refractivity contribution >= 4 is 17.7 Å². The number of nitrogens with one attached hydrogen (secondary N) is 1. The van der Waals surface area contributed by atoms with E-state index in [1.165, 1.54) is 0 Å². The summed E-state index contributed by atoms with van der Waals surface area (Å²) >= 11 is 0. The van der Waals surface area contributed by atoms with Gasteiger partial charge in [-0.3, -0.25) is 9.59 Å². The van der Waals surface area contributed by atoms with Crippen molar-refractivity contribution in [1.29, 1.82) is 0 Å². The van der Waals surface area contributed by atoms with Crippen LogP contribution in [0.4, 0.5) is 0 Å². The maximum Gasteiger partial charge on any atom is 0.380 e. The van der Waals surface area contributed by atoms with Crippen molar-refractivity contribution in [3.8, 4) is 17.2 Å². The van der Waals surface area contributed by atoms with Crippen LogP contribution in [0.15, 0.2) is 48.5 Å². The summed E-state index contributed by atoms with van der Waals surface area (Å²) in [5.74, 6) is -1.23. The molecule has 1 aliphatic rings. The van der Waals surface area contributed by atoms with Gasteiger partial charge in [0.05, 0.1) is 22.6 Å². The number of Topliss-reactive ketones (excluding diaryl/α,β-unsaturated/α-hetero) is 1. The quantitative estimate of drug-likeness (QED) is 0.344. The number of nitrogens with zero attached hydrogens (tertiary/aromatic N) is 2. The van der Waals surface area contributed by atoms with Gasteiger partial charge in [0.25, 0.3) is 11.7 Å². The minimum absolute atomic E-state index is 0.165. The van der Waals surface area contributed by atoms with Crippen LogP contribution in [0.1, 0.15) is 27.3 Å². The first-order chi connectivity index (χ1) is 15.4. The standard InChI is InChI=1S/C23H21N3O6/c1-14-21(15(2)26(25-14)17-6-4-3-5-7-17)22(28)23(29)30-12-20(27)24-11-16-8-9-18-19(10-16)32-13-31-18/h3-10H,11-13H2,1-2H3,(H,24,27). The lowest BCUT2D eigenvalue weighted by Gasteiger charge is -2.07. The summed E-state index contributed by atoms with van der Waals surface area (Å²) < 4.78 is 17.1. The maximum absolute atomic E-state index is 12.6. The van der Waals surface area contributed by atoms with Gasteiger partial charge >= 0.3 is 5.97 Å². The highest BCUT2D eigenvalue weighted by Crippen LogP contribution is 2.32. The highest BCUT2D eigenvalue weighted by molar-refractivity contribution is 6.41. The number of carbonyl (C=O) groups excluding carboxylic acids is 3. The van der Waals surface area contributed by atoms with Crippen molar-refractivity contribution in [2.24, 2.45) is 0 Å². The molecule has 0 unspecified atom stereocenters. The number of esters is 1. The SMILES string of the molecule is Cc1nn(-c2ccccc2)c(C)c1C(=O)C(=O)OCC(=O)NCc1ccc2c(c1)OCO2.